The van der Waals surface area contributed by atoms with Gasteiger partial charge < -0.3 is 9.47 Å². The maximum Gasteiger partial charge on any atom is 0.313 e. The van der Waals surface area contributed by atoms with Gasteiger partial charge in [0.15, 0.2) is 0 Å². The lowest BCUT2D eigenvalue weighted by Crippen LogP contribution is -2.15. The van der Waals surface area contributed by atoms with Gasteiger partial charge in [0, 0.05) is 5.38 Å². The molecular weight excluding hydrogens is 346 g/mol. The summed E-state index contributed by atoms with van der Waals surface area (Å²) in [6.07, 6.45) is 0.701. The Morgan fingerprint density at radius 1 is 1.12 bits per heavy atom. The van der Waals surface area contributed by atoms with Crippen LogP contribution in [-0.2, 0) is 16.1 Å². The average Bonchev–Trinajstić information content (AvgIpc) is 3.16. The minimum atomic E-state index is -0.247. The normalized spacial score (nSPS) is 11.8. The highest BCUT2D eigenvalue weighted by molar-refractivity contribution is 7.13. The van der Waals surface area contributed by atoms with E-state index in [0.717, 1.165) is 27.6 Å². The summed E-state index contributed by atoms with van der Waals surface area (Å²) < 4.78 is 10.9. The summed E-state index contributed by atoms with van der Waals surface area (Å²) in [5, 5.41) is 2.77. The van der Waals surface area contributed by atoms with Crippen molar-refractivity contribution in [2.75, 3.05) is 7.11 Å². The minimum Gasteiger partial charge on any atom is -0.496 e. The van der Waals surface area contributed by atoms with Crippen molar-refractivity contribution in [2.45, 2.75) is 25.9 Å². The maximum absolute atomic E-state index is 12.5. The van der Waals surface area contributed by atoms with E-state index in [1.165, 1.54) is 11.3 Å². The van der Waals surface area contributed by atoms with Gasteiger partial charge in [-0.2, -0.15) is 0 Å². The summed E-state index contributed by atoms with van der Waals surface area (Å²) >= 11 is 1.51. The van der Waals surface area contributed by atoms with Gasteiger partial charge in [-0.15, -0.1) is 11.3 Å². The molecule has 0 aliphatic carbocycles. The van der Waals surface area contributed by atoms with E-state index < -0.39 is 0 Å². The van der Waals surface area contributed by atoms with Gasteiger partial charge in [0.1, 0.15) is 17.4 Å². The van der Waals surface area contributed by atoms with E-state index in [1.807, 2.05) is 66.9 Å². The molecule has 5 heteroatoms. The van der Waals surface area contributed by atoms with E-state index >= 15 is 0 Å². The topological polar surface area (TPSA) is 48.4 Å². The Labute approximate surface area is 157 Å². The summed E-state index contributed by atoms with van der Waals surface area (Å²) in [5.41, 5.74) is 2.66. The molecule has 26 heavy (non-hydrogen) atoms. The van der Waals surface area contributed by atoms with Crippen LogP contribution in [0.25, 0.3) is 10.6 Å². The second-order valence-electron chi connectivity index (χ2n) is 5.82. The quantitative estimate of drug-likeness (QED) is 0.548. The molecule has 3 rings (SSSR count). The Hall–Kier alpha value is -2.66. The fourth-order valence-electron chi connectivity index (χ4n) is 2.79. The smallest absolute Gasteiger partial charge is 0.313 e. The number of carbonyl (C=O) groups excluding carboxylic acids is 1. The number of aromatic nitrogens is 1. The highest BCUT2D eigenvalue weighted by Gasteiger charge is 2.20. The van der Waals surface area contributed by atoms with Crippen molar-refractivity contribution in [1.29, 1.82) is 0 Å². The zero-order chi connectivity index (χ0) is 18.4. The van der Waals surface area contributed by atoms with E-state index in [4.69, 9.17) is 9.47 Å². The molecule has 0 N–H and O–H groups in total. The number of benzene rings is 2. The van der Waals surface area contributed by atoms with Crippen molar-refractivity contribution < 1.29 is 14.3 Å². The molecule has 0 aliphatic rings. The molecule has 0 amide bonds. The number of carbonyl (C=O) groups is 1. The third kappa shape index (κ3) is 4.11. The molecule has 0 radical (unpaired) electrons. The highest BCUT2D eigenvalue weighted by Crippen LogP contribution is 2.32. The third-order valence-corrected chi connectivity index (χ3v) is 5.07. The van der Waals surface area contributed by atoms with Crippen LogP contribution in [0.5, 0.6) is 5.75 Å². The molecule has 1 atom stereocenters. The van der Waals surface area contributed by atoms with Gasteiger partial charge in [-0.25, -0.2) is 4.98 Å². The lowest BCUT2D eigenvalue weighted by atomic mass is 9.97. The molecule has 1 aromatic heterocycles. The van der Waals surface area contributed by atoms with Crippen LogP contribution in [0, 0.1) is 0 Å². The van der Waals surface area contributed by atoms with Crippen molar-refractivity contribution in [1.82, 2.24) is 4.98 Å². The monoisotopic (exact) mass is 367 g/mol. The first-order valence-electron chi connectivity index (χ1n) is 8.52. The van der Waals surface area contributed by atoms with E-state index in [2.05, 4.69) is 4.98 Å². The highest BCUT2D eigenvalue weighted by atomic mass is 32.1. The standard InChI is InChI=1S/C21H21NO3S/c1-3-17(15-9-5-4-6-10-15)21(23)25-13-16-14-26-20(22-16)18-11-7-8-12-19(18)24-2/h4-12,14,17H,3,13H2,1-2H3. The third-order valence-electron chi connectivity index (χ3n) is 4.15. The molecule has 0 bridgehead atoms. The molecule has 0 fully saturated rings. The largest absolute Gasteiger partial charge is 0.496 e. The van der Waals surface area contributed by atoms with Crippen molar-refractivity contribution in [3.63, 3.8) is 0 Å². The lowest BCUT2D eigenvalue weighted by molar-refractivity contribution is -0.147. The minimum absolute atomic E-state index is 0.174. The van der Waals surface area contributed by atoms with Crippen molar-refractivity contribution in [3.05, 3.63) is 71.2 Å². The Kier molecular flexibility index (Phi) is 6.02. The van der Waals surface area contributed by atoms with Gasteiger partial charge in [0.25, 0.3) is 0 Å². The van der Waals surface area contributed by atoms with Gasteiger partial charge in [0.05, 0.1) is 24.3 Å². The number of nitrogens with zero attached hydrogens (tertiary/aromatic N) is 1. The van der Waals surface area contributed by atoms with E-state index in [-0.39, 0.29) is 18.5 Å². The van der Waals surface area contributed by atoms with Crippen LogP contribution in [-0.4, -0.2) is 18.1 Å². The fourth-order valence-corrected chi connectivity index (χ4v) is 3.62. The SMILES string of the molecule is CCC(C(=O)OCc1csc(-c2ccccc2OC)n1)c1ccccc1. The Morgan fingerprint density at radius 2 is 1.85 bits per heavy atom. The molecule has 4 nitrogen and oxygen atoms in total. The van der Waals surface area contributed by atoms with E-state index in [9.17, 15) is 4.79 Å². The molecule has 1 unspecified atom stereocenters. The van der Waals surface area contributed by atoms with Crippen LogP contribution < -0.4 is 4.74 Å². The molecule has 134 valence electrons. The molecule has 1 heterocycles. The molecule has 0 spiro atoms. The summed E-state index contributed by atoms with van der Waals surface area (Å²) in [5.74, 6) is 0.314. The number of rotatable bonds is 7. The van der Waals surface area contributed by atoms with Crippen molar-refractivity contribution >= 4 is 17.3 Å². The fraction of sp³-hybridized carbons (Fsp3) is 0.238. The number of esters is 1. The molecule has 0 aliphatic heterocycles. The zero-order valence-electron chi connectivity index (χ0n) is 14.8. The molecule has 0 saturated heterocycles. The van der Waals surface area contributed by atoms with Crippen LogP contribution >= 0.6 is 11.3 Å². The van der Waals surface area contributed by atoms with Gasteiger partial charge in [0.2, 0.25) is 0 Å². The van der Waals surface area contributed by atoms with Crippen LogP contribution in [0.2, 0.25) is 0 Å². The summed E-state index contributed by atoms with van der Waals surface area (Å²) in [6, 6.07) is 17.5. The number of thiazole rings is 1. The van der Waals surface area contributed by atoms with Gasteiger partial charge >= 0.3 is 5.97 Å². The Morgan fingerprint density at radius 3 is 2.58 bits per heavy atom. The van der Waals surface area contributed by atoms with E-state index in [1.54, 1.807) is 7.11 Å². The molecule has 3 aromatic rings. The second-order valence-corrected chi connectivity index (χ2v) is 6.68. The van der Waals surface area contributed by atoms with Crippen LogP contribution in [0.1, 0.15) is 30.5 Å². The van der Waals surface area contributed by atoms with Gasteiger partial charge in [-0.3, -0.25) is 4.79 Å². The number of ether oxygens (including phenoxy) is 2. The summed E-state index contributed by atoms with van der Waals surface area (Å²) in [7, 11) is 1.64. The van der Waals surface area contributed by atoms with Crippen LogP contribution in [0.4, 0.5) is 0 Å². The number of hydrogen-bond donors (Lipinski definition) is 0. The van der Waals surface area contributed by atoms with Gasteiger partial charge in [-0.1, -0.05) is 49.4 Å². The summed E-state index contributed by atoms with van der Waals surface area (Å²) in [4.78, 5) is 17.0. The average molecular weight is 367 g/mol. The Bertz CT molecular complexity index is 860. The van der Waals surface area contributed by atoms with Crippen molar-refractivity contribution in [2.24, 2.45) is 0 Å². The van der Waals surface area contributed by atoms with E-state index in [0.29, 0.717) is 6.42 Å². The summed E-state index contributed by atoms with van der Waals surface area (Å²) in [6.45, 7) is 2.16. The van der Waals surface area contributed by atoms with Gasteiger partial charge in [-0.05, 0) is 24.1 Å². The first kappa shape index (κ1) is 18.1. The second kappa shape index (κ2) is 8.63. The first-order chi connectivity index (χ1) is 12.7. The lowest BCUT2D eigenvalue weighted by Gasteiger charge is -2.14. The van der Waals surface area contributed by atoms with Crippen molar-refractivity contribution in [3.8, 4) is 16.3 Å². The van der Waals surface area contributed by atoms with Crippen LogP contribution in [0.3, 0.4) is 0 Å². The number of hydrogen-bond acceptors (Lipinski definition) is 5. The number of para-hydroxylation sites is 1. The maximum atomic E-state index is 12.5. The zero-order valence-corrected chi connectivity index (χ0v) is 15.7. The predicted molar refractivity (Wildman–Crippen MR) is 103 cm³/mol. The molecule has 2 aromatic carbocycles. The predicted octanol–water partition coefficient (Wildman–Crippen LogP) is 5.06. The van der Waals surface area contributed by atoms with Crippen LogP contribution in [0.15, 0.2) is 60.0 Å². The first-order valence-corrected chi connectivity index (χ1v) is 9.40. The molecule has 0 saturated carbocycles. The number of methoxy groups -OCH3 is 1. The molecular formula is C21H21NO3S. The Balaban J connectivity index is 1.67.